The zero-order valence-corrected chi connectivity index (χ0v) is 11.3. The maximum Gasteiger partial charge on any atom is 0.309 e. The van der Waals surface area contributed by atoms with E-state index in [1.165, 1.54) is 0 Å². The molecule has 1 aliphatic rings. The molecular formula is C15H20O4. The second kappa shape index (κ2) is 5.21. The van der Waals surface area contributed by atoms with Crippen LogP contribution in [-0.2, 0) is 16.8 Å². The van der Waals surface area contributed by atoms with Crippen LogP contribution in [0, 0.1) is 5.92 Å². The molecule has 0 bridgehead atoms. The van der Waals surface area contributed by atoms with Gasteiger partial charge in [-0.3, -0.25) is 4.79 Å². The van der Waals surface area contributed by atoms with E-state index in [0.29, 0.717) is 24.2 Å². The number of aliphatic hydroxyl groups is 1. The van der Waals surface area contributed by atoms with E-state index in [9.17, 15) is 15.0 Å². The summed E-state index contributed by atoms with van der Waals surface area (Å²) in [5.74, 6) is -1.07. The van der Waals surface area contributed by atoms with Crippen LogP contribution >= 0.6 is 0 Å². The Hall–Kier alpha value is -1.55. The summed E-state index contributed by atoms with van der Waals surface area (Å²) in [5, 5.41) is 20.3. The Morgan fingerprint density at radius 1 is 1.53 bits per heavy atom. The topological polar surface area (TPSA) is 66.8 Å². The second-order valence-electron chi connectivity index (χ2n) is 5.10. The summed E-state index contributed by atoms with van der Waals surface area (Å²) in [6.45, 7) is 1.80. The number of fused-ring (bicyclic) bond motifs is 1. The van der Waals surface area contributed by atoms with Crippen molar-refractivity contribution in [1.82, 2.24) is 0 Å². The molecule has 0 saturated heterocycles. The van der Waals surface area contributed by atoms with Crippen LogP contribution < -0.4 is 4.74 Å². The highest BCUT2D eigenvalue weighted by atomic mass is 16.5. The Labute approximate surface area is 113 Å². The molecule has 0 heterocycles. The Balaban J connectivity index is 2.52. The van der Waals surface area contributed by atoms with Gasteiger partial charge in [0.2, 0.25) is 0 Å². The van der Waals surface area contributed by atoms with Crippen molar-refractivity contribution in [2.24, 2.45) is 5.92 Å². The minimum Gasteiger partial charge on any atom is -0.497 e. The Bertz CT molecular complexity index is 483. The minimum absolute atomic E-state index is 0.405. The van der Waals surface area contributed by atoms with Gasteiger partial charge < -0.3 is 14.9 Å². The number of carbonyl (C=O) groups is 1. The van der Waals surface area contributed by atoms with Gasteiger partial charge in [-0.15, -0.1) is 0 Å². The molecule has 2 atom stereocenters. The van der Waals surface area contributed by atoms with E-state index in [-0.39, 0.29) is 0 Å². The molecule has 104 valence electrons. The van der Waals surface area contributed by atoms with Crippen molar-refractivity contribution in [2.75, 3.05) is 7.11 Å². The van der Waals surface area contributed by atoms with E-state index in [1.807, 2.05) is 12.1 Å². The standard InChI is InChI=1S/C15H20O4/c1-3-12(14(16)17)15(18)8-4-5-10-6-7-11(19-2)9-13(10)15/h6-7,9,12,18H,3-5,8H2,1-2H3,(H,16,17). The van der Waals surface area contributed by atoms with E-state index in [4.69, 9.17) is 4.74 Å². The van der Waals surface area contributed by atoms with Gasteiger partial charge in [0.25, 0.3) is 0 Å². The molecule has 0 radical (unpaired) electrons. The Morgan fingerprint density at radius 3 is 2.84 bits per heavy atom. The zero-order chi connectivity index (χ0) is 14.0. The average molecular weight is 264 g/mol. The third kappa shape index (κ3) is 2.32. The fraction of sp³-hybridized carbons (Fsp3) is 0.533. The maximum absolute atomic E-state index is 11.4. The quantitative estimate of drug-likeness (QED) is 0.876. The summed E-state index contributed by atoms with van der Waals surface area (Å²) in [5.41, 5.74) is 0.449. The first-order valence-electron chi connectivity index (χ1n) is 6.65. The van der Waals surface area contributed by atoms with Crippen LogP contribution in [0.4, 0.5) is 0 Å². The predicted octanol–water partition coefficient (Wildman–Crippen LogP) is 2.33. The lowest BCUT2D eigenvalue weighted by Crippen LogP contribution is -2.42. The number of aliphatic carboxylic acids is 1. The number of methoxy groups -OCH3 is 1. The number of hydrogen-bond donors (Lipinski definition) is 2. The average Bonchev–Trinajstić information content (AvgIpc) is 2.39. The van der Waals surface area contributed by atoms with Gasteiger partial charge in [0.05, 0.1) is 13.0 Å². The number of aryl methyl sites for hydroxylation is 1. The molecule has 1 aromatic rings. The van der Waals surface area contributed by atoms with E-state index in [0.717, 1.165) is 18.4 Å². The van der Waals surface area contributed by atoms with Crippen molar-refractivity contribution < 1.29 is 19.7 Å². The highest BCUT2D eigenvalue weighted by molar-refractivity contribution is 5.72. The van der Waals surface area contributed by atoms with Gasteiger partial charge in [0.1, 0.15) is 11.4 Å². The van der Waals surface area contributed by atoms with E-state index >= 15 is 0 Å². The molecule has 0 amide bonds. The molecule has 4 nitrogen and oxygen atoms in total. The summed E-state index contributed by atoms with van der Waals surface area (Å²) < 4.78 is 5.19. The number of benzene rings is 1. The van der Waals surface area contributed by atoms with Crippen molar-refractivity contribution in [3.05, 3.63) is 29.3 Å². The second-order valence-corrected chi connectivity index (χ2v) is 5.10. The first-order valence-corrected chi connectivity index (χ1v) is 6.65. The third-order valence-corrected chi connectivity index (χ3v) is 4.07. The molecule has 2 rings (SSSR count). The molecule has 1 aliphatic carbocycles. The van der Waals surface area contributed by atoms with Crippen LogP contribution in [0.2, 0.25) is 0 Å². The monoisotopic (exact) mass is 264 g/mol. The molecule has 19 heavy (non-hydrogen) atoms. The third-order valence-electron chi connectivity index (χ3n) is 4.07. The Morgan fingerprint density at radius 2 is 2.26 bits per heavy atom. The summed E-state index contributed by atoms with van der Waals surface area (Å²) >= 11 is 0. The number of hydrogen-bond acceptors (Lipinski definition) is 3. The molecule has 4 heteroatoms. The van der Waals surface area contributed by atoms with Crippen LogP contribution in [0.3, 0.4) is 0 Å². The van der Waals surface area contributed by atoms with Crippen LogP contribution in [0.5, 0.6) is 5.75 Å². The maximum atomic E-state index is 11.4. The predicted molar refractivity (Wildman–Crippen MR) is 71.2 cm³/mol. The minimum atomic E-state index is -1.29. The smallest absolute Gasteiger partial charge is 0.309 e. The van der Waals surface area contributed by atoms with Gasteiger partial charge in [-0.05, 0) is 48.9 Å². The SMILES string of the molecule is CCC(C(=O)O)C1(O)CCCc2ccc(OC)cc21. The van der Waals surface area contributed by atoms with Gasteiger partial charge in [-0.25, -0.2) is 0 Å². The molecule has 0 spiro atoms. The van der Waals surface area contributed by atoms with E-state index in [1.54, 1.807) is 20.1 Å². The van der Waals surface area contributed by atoms with Crippen molar-refractivity contribution in [2.45, 2.75) is 38.2 Å². The first kappa shape index (κ1) is 13.9. The molecule has 0 fully saturated rings. The summed E-state index contributed by atoms with van der Waals surface area (Å²) in [6.07, 6.45) is 2.57. The fourth-order valence-corrected chi connectivity index (χ4v) is 3.07. The van der Waals surface area contributed by atoms with Crippen molar-refractivity contribution >= 4 is 5.97 Å². The molecule has 0 aromatic heterocycles. The molecule has 1 aromatic carbocycles. The van der Waals surface area contributed by atoms with Gasteiger partial charge in [0, 0.05) is 0 Å². The fourth-order valence-electron chi connectivity index (χ4n) is 3.07. The van der Waals surface area contributed by atoms with E-state index in [2.05, 4.69) is 0 Å². The number of carboxylic acid groups (broad SMARTS) is 1. The highest BCUT2D eigenvalue weighted by Crippen LogP contribution is 2.43. The van der Waals surface area contributed by atoms with Crippen molar-refractivity contribution in [3.8, 4) is 5.75 Å². The van der Waals surface area contributed by atoms with Gasteiger partial charge in [0.15, 0.2) is 0 Å². The summed E-state index contributed by atoms with van der Waals surface area (Å²) in [7, 11) is 1.57. The molecule has 2 unspecified atom stereocenters. The normalized spacial score (nSPS) is 23.5. The van der Waals surface area contributed by atoms with E-state index < -0.39 is 17.5 Å². The van der Waals surface area contributed by atoms with Crippen molar-refractivity contribution in [3.63, 3.8) is 0 Å². The summed E-state index contributed by atoms with van der Waals surface area (Å²) in [6, 6.07) is 5.55. The zero-order valence-electron chi connectivity index (χ0n) is 11.3. The van der Waals surface area contributed by atoms with Crippen LogP contribution in [0.15, 0.2) is 18.2 Å². The van der Waals surface area contributed by atoms with Crippen LogP contribution in [0.25, 0.3) is 0 Å². The largest absolute Gasteiger partial charge is 0.497 e. The Kier molecular flexibility index (Phi) is 3.80. The molecule has 2 N–H and O–H groups in total. The lowest BCUT2D eigenvalue weighted by molar-refractivity contribution is -0.154. The van der Waals surface area contributed by atoms with Crippen LogP contribution in [-0.4, -0.2) is 23.3 Å². The molecule has 0 aliphatic heterocycles. The van der Waals surface area contributed by atoms with Gasteiger partial charge in [-0.1, -0.05) is 13.0 Å². The highest BCUT2D eigenvalue weighted by Gasteiger charge is 2.44. The van der Waals surface area contributed by atoms with Gasteiger partial charge >= 0.3 is 5.97 Å². The van der Waals surface area contributed by atoms with Crippen LogP contribution in [0.1, 0.15) is 37.3 Å². The lowest BCUT2D eigenvalue weighted by Gasteiger charge is -2.38. The lowest BCUT2D eigenvalue weighted by atomic mass is 9.71. The molecule has 0 saturated carbocycles. The summed E-state index contributed by atoms with van der Waals surface area (Å²) in [4.78, 5) is 11.4. The first-order chi connectivity index (χ1) is 9.02. The van der Waals surface area contributed by atoms with Crippen molar-refractivity contribution in [1.29, 1.82) is 0 Å². The number of carboxylic acids is 1. The molecular weight excluding hydrogens is 244 g/mol. The number of rotatable bonds is 4. The number of ether oxygens (including phenoxy) is 1. The van der Waals surface area contributed by atoms with Gasteiger partial charge in [-0.2, -0.15) is 0 Å².